The fraction of sp³-hybridized carbons (Fsp3) is 0.471. The highest BCUT2D eigenvalue weighted by atomic mass is 19.1. The Morgan fingerprint density at radius 2 is 2.09 bits per heavy atom. The van der Waals surface area contributed by atoms with Crippen LogP contribution < -0.4 is 0 Å². The van der Waals surface area contributed by atoms with Gasteiger partial charge in [0.05, 0.1) is 12.3 Å². The third kappa shape index (κ3) is 3.36. The zero-order valence-corrected chi connectivity index (χ0v) is 12.8. The number of aromatic nitrogens is 2. The third-order valence-corrected chi connectivity index (χ3v) is 4.33. The highest BCUT2D eigenvalue weighted by Crippen LogP contribution is 2.32. The van der Waals surface area contributed by atoms with Crippen molar-refractivity contribution in [3.8, 4) is 0 Å². The van der Waals surface area contributed by atoms with Crippen LogP contribution in [-0.2, 0) is 13.0 Å². The monoisotopic (exact) mass is 303 g/mol. The van der Waals surface area contributed by atoms with E-state index in [1.54, 1.807) is 0 Å². The second-order valence-corrected chi connectivity index (χ2v) is 5.91. The highest BCUT2D eigenvalue weighted by molar-refractivity contribution is 5.21. The van der Waals surface area contributed by atoms with Crippen molar-refractivity contribution >= 4 is 0 Å². The Balaban J connectivity index is 1.66. The number of aryl methyl sites for hydroxylation is 1. The molecule has 4 nitrogen and oxygen atoms in total. The second kappa shape index (κ2) is 6.58. The Morgan fingerprint density at radius 1 is 1.32 bits per heavy atom. The maximum Gasteiger partial charge on any atom is 0.123 e. The fourth-order valence-corrected chi connectivity index (χ4v) is 3.14. The topological polar surface area (TPSA) is 41.3 Å². The van der Waals surface area contributed by atoms with E-state index < -0.39 is 0 Å². The summed E-state index contributed by atoms with van der Waals surface area (Å²) in [7, 11) is 0. The van der Waals surface area contributed by atoms with Crippen LogP contribution >= 0.6 is 0 Å². The van der Waals surface area contributed by atoms with Crippen LogP contribution in [0.15, 0.2) is 36.7 Å². The number of rotatable bonds is 5. The number of nitrogens with zero attached hydrogens (tertiary/aromatic N) is 3. The Labute approximate surface area is 130 Å². The van der Waals surface area contributed by atoms with Crippen molar-refractivity contribution in [3.63, 3.8) is 0 Å². The van der Waals surface area contributed by atoms with Gasteiger partial charge in [0.25, 0.3) is 0 Å². The zero-order valence-electron chi connectivity index (χ0n) is 12.8. The summed E-state index contributed by atoms with van der Waals surface area (Å²) < 4.78 is 15.0. The van der Waals surface area contributed by atoms with Crippen molar-refractivity contribution in [1.29, 1.82) is 0 Å². The van der Waals surface area contributed by atoms with Gasteiger partial charge >= 0.3 is 0 Å². The van der Waals surface area contributed by atoms with Crippen LogP contribution in [0.3, 0.4) is 0 Å². The first kappa shape index (κ1) is 15.2. The van der Waals surface area contributed by atoms with Crippen molar-refractivity contribution in [2.75, 3.05) is 13.1 Å². The molecule has 0 unspecified atom stereocenters. The minimum atomic E-state index is -0.312. The summed E-state index contributed by atoms with van der Waals surface area (Å²) in [5.74, 6) is -0.221. The number of benzene rings is 1. The summed E-state index contributed by atoms with van der Waals surface area (Å²) in [5, 5.41) is 14.3. The molecule has 2 heterocycles. The summed E-state index contributed by atoms with van der Waals surface area (Å²) >= 11 is 0. The summed E-state index contributed by atoms with van der Waals surface area (Å²) in [4.78, 5) is 2.28. The van der Waals surface area contributed by atoms with Gasteiger partial charge in [0, 0.05) is 31.9 Å². The van der Waals surface area contributed by atoms with E-state index in [1.807, 2.05) is 23.0 Å². The molecule has 5 heteroatoms. The molecule has 0 saturated carbocycles. The van der Waals surface area contributed by atoms with E-state index >= 15 is 0 Å². The molecule has 1 saturated heterocycles. The quantitative estimate of drug-likeness (QED) is 0.922. The number of hydrogen-bond donors (Lipinski definition) is 1. The Morgan fingerprint density at radius 3 is 2.77 bits per heavy atom. The van der Waals surface area contributed by atoms with E-state index in [2.05, 4.69) is 23.1 Å². The molecule has 0 radical (unpaired) electrons. The van der Waals surface area contributed by atoms with Gasteiger partial charge in [-0.05, 0) is 43.0 Å². The Bertz CT molecular complexity index is 611. The summed E-state index contributed by atoms with van der Waals surface area (Å²) in [5.41, 5.74) is 2.28. The smallest absolute Gasteiger partial charge is 0.123 e. The third-order valence-electron chi connectivity index (χ3n) is 4.33. The number of likely N-dealkylation sites (tertiary alicyclic amines) is 1. The minimum absolute atomic E-state index is 0.164. The predicted octanol–water partition coefficient (Wildman–Crippen LogP) is 2.39. The lowest BCUT2D eigenvalue weighted by atomic mass is 10.0. The van der Waals surface area contributed by atoms with Crippen molar-refractivity contribution in [1.82, 2.24) is 14.7 Å². The predicted molar refractivity (Wildman–Crippen MR) is 82.9 cm³/mol. The van der Waals surface area contributed by atoms with Gasteiger partial charge in [0.15, 0.2) is 0 Å². The molecular weight excluding hydrogens is 281 g/mol. The second-order valence-electron chi connectivity index (χ2n) is 5.91. The molecular formula is C17H22FN3O. The van der Waals surface area contributed by atoms with E-state index in [9.17, 15) is 9.50 Å². The van der Waals surface area contributed by atoms with Gasteiger partial charge in [0.2, 0.25) is 0 Å². The molecule has 3 rings (SSSR count). The number of aliphatic hydroxyl groups is 1. The molecule has 2 aromatic rings. The molecule has 22 heavy (non-hydrogen) atoms. The average molecular weight is 303 g/mol. The average Bonchev–Trinajstić information content (AvgIpc) is 3.12. The molecule has 0 amide bonds. The van der Waals surface area contributed by atoms with Crippen LogP contribution in [0.1, 0.15) is 30.5 Å². The molecule has 0 bridgehead atoms. The number of halogens is 1. The van der Waals surface area contributed by atoms with Gasteiger partial charge in [-0.25, -0.2) is 4.39 Å². The first-order valence-corrected chi connectivity index (χ1v) is 7.84. The van der Waals surface area contributed by atoms with Crippen LogP contribution in [0.2, 0.25) is 0 Å². The van der Waals surface area contributed by atoms with Crippen molar-refractivity contribution in [3.05, 3.63) is 53.6 Å². The SMILES string of the molecule is CCn1cc(CCN2C[C@H](O)C[C@@H]2c2ccc(F)cc2)cn1. The van der Waals surface area contributed by atoms with E-state index in [1.165, 1.54) is 17.7 Å². The fourth-order valence-electron chi connectivity index (χ4n) is 3.14. The molecule has 1 aromatic heterocycles. The molecule has 2 atom stereocenters. The van der Waals surface area contributed by atoms with E-state index in [0.29, 0.717) is 13.0 Å². The van der Waals surface area contributed by atoms with Crippen LogP contribution in [0.4, 0.5) is 4.39 Å². The van der Waals surface area contributed by atoms with Gasteiger partial charge in [0.1, 0.15) is 5.82 Å². The number of hydrogen-bond acceptors (Lipinski definition) is 3. The van der Waals surface area contributed by atoms with E-state index in [0.717, 1.165) is 25.1 Å². The largest absolute Gasteiger partial charge is 0.392 e. The molecule has 118 valence electrons. The van der Waals surface area contributed by atoms with Crippen LogP contribution in [0.25, 0.3) is 0 Å². The molecule has 1 aromatic carbocycles. The lowest BCUT2D eigenvalue weighted by Gasteiger charge is -2.24. The van der Waals surface area contributed by atoms with Crippen molar-refractivity contribution in [2.24, 2.45) is 0 Å². The Hall–Kier alpha value is -1.72. The Kier molecular flexibility index (Phi) is 4.55. The molecule has 1 aliphatic heterocycles. The number of aliphatic hydroxyl groups excluding tert-OH is 1. The zero-order chi connectivity index (χ0) is 15.5. The van der Waals surface area contributed by atoms with Crippen molar-refractivity contribution in [2.45, 2.75) is 38.5 Å². The van der Waals surface area contributed by atoms with Gasteiger partial charge in [-0.15, -0.1) is 0 Å². The van der Waals surface area contributed by atoms with Gasteiger partial charge in [-0.3, -0.25) is 9.58 Å². The maximum atomic E-state index is 13.1. The van der Waals surface area contributed by atoms with Crippen LogP contribution in [0.5, 0.6) is 0 Å². The maximum absolute atomic E-state index is 13.1. The summed E-state index contributed by atoms with van der Waals surface area (Å²) in [6.07, 6.45) is 5.28. The normalized spacial score (nSPS) is 22.3. The van der Waals surface area contributed by atoms with Gasteiger partial charge < -0.3 is 5.11 Å². The van der Waals surface area contributed by atoms with Crippen LogP contribution in [0, 0.1) is 5.82 Å². The lowest BCUT2D eigenvalue weighted by molar-refractivity contribution is 0.175. The van der Waals surface area contributed by atoms with Gasteiger partial charge in [-0.1, -0.05) is 12.1 Å². The first-order valence-electron chi connectivity index (χ1n) is 7.84. The molecule has 1 fully saturated rings. The first-order chi connectivity index (χ1) is 10.7. The minimum Gasteiger partial charge on any atom is -0.392 e. The van der Waals surface area contributed by atoms with Gasteiger partial charge in [-0.2, -0.15) is 5.10 Å². The summed E-state index contributed by atoms with van der Waals surface area (Å²) in [6, 6.07) is 6.78. The van der Waals surface area contributed by atoms with E-state index in [-0.39, 0.29) is 18.0 Å². The molecule has 1 N–H and O–H groups in total. The number of β-amino-alcohol motifs (C(OH)–C–C–N with tert-alkyl or cyclic N) is 1. The molecule has 1 aliphatic rings. The standard InChI is InChI=1S/C17H22FN3O/c1-2-21-11-13(10-19-21)7-8-20-12-16(22)9-17(20)14-3-5-15(18)6-4-14/h3-6,10-11,16-17,22H,2,7-9,12H2,1H3/t16-,17-/m1/s1. The molecule has 0 aliphatic carbocycles. The van der Waals surface area contributed by atoms with Crippen molar-refractivity contribution < 1.29 is 9.50 Å². The van der Waals surface area contributed by atoms with Crippen LogP contribution in [-0.4, -0.2) is 39.0 Å². The molecule has 0 spiro atoms. The van der Waals surface area contributed by atoms with E-state index in [4.69, 9.17) is 0 Å². The summed E-state index contributed by atoms with van der Waals surface area (Å²) in [6.45, 7) is 4.48. The highest BCUT2D eigenvalue weighted by Gasteiger charge is 2.31. The lowest BCUT2D eigenvalue weighted by Crippen LogP contribution is -2.27.